The number of esters is 1. The van der Waals surface area contributed by atoms with Crippen LogP contribution in [0.2, 0.25) is 5.02 Å². The lowest BCUT2D eigenvalue weighted by molar-refractivity contribution is 0.0473. The van der Waals surface area contributed by atoms with E-state index in [0.717, 1.165) is 30.4 Å². The zero-order chi connectivity index (χ0) is 23.8. The van der Waals surface area contributed by atoms with Crippen molar-refractivity contribution < 1.29 is 22.4 Å². The minimum Gasteiger partial charge on any atom is -0.457 e. The van der Waals surface area contributed by atoms with Crippen LogP contribution in [0.15, 0.2) is 50.5 Å². The predicted molar refractivity (Wildman–Crippen MR) is 125 cm³/mol. The summed E-state index contributed by atoms with van der Waals surface area (Å²) in [5, 5.41) is 0.726. The number of ether oxygens (including phenoxy) is 1. The summed E-state index contributed by atoms with van der Waals surface area (Å²) < 4.78 is 38.2. The first-order chi connectivity index (χ1) is 15.7. The van der Waals surface area contributed by atoms with E-state index in [0.29, 0.717) is 29.6 Å². The Morgan fingerprint density at radius 2 is 1.76 bits per heavy atom. The summed E-state index contributed by atoms with van der Waals surface area (Å²) in [5.74, 6) is -0.716. The number of fused-ring (bicyclic) bond motifs is 1. The second kappa shape index (κ2) is 9.29. The zero-order valence-electron chi connectivity index (χ0n) is 18.4. The van der Waals surface area contributed by atoms with Gasteiger partial charge in [-0.05, 0) is 68.1 Å². The number of sulfonamides is 1. The molecule has 1 aromatic heterocycles. The van der Waals surface area contributed by atoms with E-state index in [2.05, 4.69) is 0 Å². The van der Waals surface area contributed by atoms with Crippen LogP contribution >= 0.6 is 11.6 Å². The predicted octanol–water partition coefficient (Wildman–Crippen LogP) is 4.59. The number of piperidine rings is 1. The summed E-state index contributed by atoms with van der Waals surface area (Å²) >= 11 is 6.18. The molecule has 0 spiro atoms. The number of nitrogens with zero attached hydrogens (tertiary/aromatic N) is 1. The number of carbonyl (C=O) groups is 1. The lowest BCUT2D eigenvalue weighted by Crippen LogP contribution is -2.35. The van der Waals surface area contributed by atoms with Gasteiger partial charge in [0.1, 0.15) is 17.1 Å². The third kappa shape index (κ3) is 4.83. The van der Waals surface area contributed by atoms with Gasteiger partial charge in [-0.3, -0.25) is 0 Å². The Morgan fingerprint density at radius 1 is 1.06 bits per heavy atom. The first kappa shape index (κ1) is 23.5. The molecular weight excluding hydrogens is 466 g/mol. The van der Waals surface area contributed by atoms with E-state index in [4.69, 9.17) is 20.8 Å². The molecule has 2 aromatic carbocycles. The van der Waals surface area contributed by atoms with Crippen molar-refractivity contribution in [2.75, 3.05) is 13.1 Å². The smallest absolute Gasteiger partial charge is 0.338 e. The van der Waals surface area contributed by atoms with E-state index in [-0.39, 0.29) is 22.1 Å². The summed E-state index contributed by atoms with van der Waals surface area (Å²) in [5.41, 5.74) is 2.43. The van der Waals surface area contributed by atoms with Crippen molar-refractivity contribution >= 4 is 38.6 Å². The largest absolute Gasteiger partial charge is 0.457 e. The van der Waals surface area contributed by atoms with E-state index >= 15 is 0 Å². The van der Waals surface area contributed by atoms with Gasteiger partial charge in [-0.25, -0.2) is 18.0 Å². The van der Waals surface area contributed by atoms with Gasteiger partial charge in [0, 0.05) is 30.1 Å². The maximum atomic E-state index is 13.0. The SMILES string of the molecule is Cc1cc2oc(=O)cc(COC(=O)c3ccc(Cl)c(S(=O)(=O)N4CCCCC4)c3)c2cc1C. The maximum absolute atomic E-state index is 13.0. The van der Waals surface area contributed by atoms with Crippen LogP contribution in [0.5, 0.6) is 0 Å². The summed E-state index contributed by atoms with van der Waals surface area (Å²) in [7, 11) is -3.82. The number of benzene rings is 2. The van der Waals surface area contributed by atoms with Crippen LogP contribution < -0.4 is 5.63 Å². The van der Waals surface area contributed by atoms with Gasteiger partial charge in [-0.1, -0.05) is 18.0 Å². The van der Waals surface area contributed by atoms with Gasteiger partial charge < -0.3 is 9.15 Å². The molecule has 0 N–H and O–H groups in total. The van der Waals surface area contributed by atoms with Crippen LogP contribution in [0, 0.1) is 13.8 Å². The van der Waals surface area contributed by atoms with Gasteiger partial charge in [-0.15, -0.1) is 0 Å². The highest BCUT2D eigenvalue weighted by molar-refractivity contribution is 7.89. The molecule has 0 aliphatic carbocycles. The van der Waals surface area contributed by atoms with Crippen molar-refractivity contribution in [2.24, 2.45) is 0 Å². The number of halogens is 1. The molecule has 1 fully saturated rings. The normalized spacial score (nSPS) is 15.0. The first-order valence-corrected chi connectivity index (χ1v) is 12.5. The lowest BCUT2D eigenvalue weighted by Gasteiger charge is -2.26. The van der Waals surface area contributed by atoms with Crippen LogP contribution in [0.4, 0.5) is 0 Å². The highest BCUT2D eigenvalue weighted by atomic mass is 35.5. The van der Waals surface area contributed by atoms with Crippen molar-refractivity contribution in [1.82, 2.24) is 4.31 Å². The van der Waals surface area contributed by atoms with E-state index in [1.807, 2.05) is 19.9 Å². The van der Waals surface area contributed by atoms with Gasteiger partial charge in [0.2, 0.25) is 10.0 Å². The fourth-order valence-electron chi connectivity index (χ4n) is 3.90. The highest BCUT2D eigenvalue weighted by Gasteiger charge is 2.29. The van der Waals surface area contributed by atoms with Crippen molar-refractivity contribution in [3.8, 4) is 0 Å². The van der Waals surface area contributed by atoms with E-state index in [1.54, 1.807) is 6.07 Å². The quantitative estimate of drug-likeness (QED) is 0.384. The van der Waals surface area contributed by atoms with Crippen LogP contribution in [-0.4, -0.2) is 31.8 Å². The van der Waals surface area contributed by atoms with Crippen molar-refractivity contribution in [1.29, 1.82) is 0 Å². The van der Waals surface area contributed by atoms with Gasteiger partial charge in [0.15, 0.2) is 0 Å². The molecule has 0 saturated carbocycles. The fourth-order valence-corrected chi connectivity index (χ4v) is 5.92. The van der Waals surface area contributed by atoms with Crippen molar-refractivity contribution in [3.63, 3.8) is 0 Å². The third-order valence-electron chi connectivity index (χ3n) is 5.90. The topological polar surface area (TPSA) is 93.9 Å². The Morgan fingerprint density at radius 3 is 2.48 bits per heavy atom. The third-order valence-corrected chi connectivity index (χ3v) is 8.28. The molecule has 0 atom stereocenters. The molecule has 174 valence electrons. The highest BCUT2D eigenvalue weighted by Crippen LogP contribution is 2.28. The van der Waals surface area contributed by atoms with Gasteiger partial charge in [-0.2, -0.15) is 4.31 Å². The minimum absolute atomic E-state index is 0.0506. The Balaban J connectivity index is 1.60. The summed E-state index contributed by atoms with van der Waals surface area (Å²) in [4.78, 5) is 24.6. The molecule has 2 heterocycles. The minimum atomic E-state index is -3.82. The lowest BCUT2D eigenvalue weighted by atomic mass is 10.0. The number of carbonyl (C=O) groups excluding carboxylic acids is 1. The Bertz CT molecular complexity index is 1390. The second-order valence-corrected chi connectivity index (χ2v) is 10.5. The molecule has 1 aliphatic heterocycles. The van der Waals surface area contributed by atoms with Gasteiger partial charge in [0.05, 0.1) is 10.6 Å². The standard InChI is InChI=1S/C24H24ClNO6S/c1-15-10-19-18(13-23(27)32-21(19)11-16(15)2)14-31-24(28)17-6-7-20(25)22(12-17)33(29,30)26-8-4-3-5-9-26/h6-7,10-13H,3-5,8-9,14H2,1-2H3. The van der Waals surface area contributed by atoms with Crippen LogP contribution in [-0.2, 0) is 21.4 Å². The van der Waals surface area contributed by atoms with Crippen LogP contribution in [0.25, 0.3) is 11.0 Å². The second-order valence-electron chi connectivity index (χ2n) is 8.21. The molecule has 0 radical (unpaired) electrons. The summed E-state index contributed by atoms with van der Waals surface area (Å²) in [6, 6.07) is 8.99. The number of hydrogen-bond acceptors (Lipinski definition) is 6. The maximum Gasteiger partial charge on any atom is 0.338 e. The molecule has 33 heavy (non-hydrogen) atoms. The number of aryl methyl sites for hydroxylation is 2. The average molecular weight is 490 g/mol. The van der Waals surface area contributed by atoms with Gasteiger partial charge in [0.25, 0.3) is 0 Å². The van der Waals surface area contributed by atoms with E-state index in [9.17, 15) is 18.0 Å². The number of hydrogen-bond donors (Lipinski definition) is 0. The number of rotatable bonds is 5. The molecule has 0 amide bonds. The zero-order valence-corrected chi connectivity index (χ0v) is 20.0. The van der Waals surface area contributed by atoms with Gasteiger partial charge >= 0.3 is 11.6 Å². The van der Waals surface area contributed by atoms with Crippen molar-refractivity contribution in [2.45, 2.75) is 44.6 Å². The summed E-state index contributed by atoms with van der Waals surface area (Å²) in [6.07, 6.45) is 2.56. The molecule has 4 rings (SSSR count). The van der Waals surface area contributed by atoms with Crippen LogP contribution in [0.1, 0.15) is 46.3 Å². The fraction of sp³-hybridized carbons (Fsp3) is 0.333. The molecule has 1 saturated heterocycles. The van der Waals surface area contributed by atoms with Crippen molar-refractivity contribution in [3.05, 3.63) is 74.1 Å². The summed E-state index contributed by atoms with van der Waals surface area (Å²) in [6.45, 7) is 4.54. The molecule has 9 heteroatoms. The molecular formula is C24H24ClNO6S. The molecule has 0 unspecified atom stereocenters. The monoisotopic (exact) mass is 489 g/mol. The molecule has 1 aliphatic rings. The Kier molecular flexibility index (Phi) is 6.61. The molecule has 0 bridgehead atoms. The Labute approximate surface area is 197 Å². The van der Waals surface area contributed by atoms with E-state index < -0.39 is 21.6 Å². The molecule has 3 aromatic rings. The first-order valence-electron chi connectivity index (χ1n) is 10.7. The average Bonchev–Trinajstić information content (AvgIpc) is 2.79. The Hall–Kier alpha value is -2.68. The van der Waals surface area contributed by atoms with E-state index in [1.165, 1.54) is 28.6 Å². The van der Waals surface area contributed by atoms with Crippen LogP contribution in [0.3, 0.4) is 0 Å². The molecule has 7 nitrogen and oxygen atoms in total.